The minimum absolute atomic E-state index is 0.709. The van der Waals surface area contributed by atoms with Crippen LogP contribution in [0, 0.1) is 11.8 Å². The van der Waals surface area contributed by atoms with Crippen LogP contribution >= 0.6 is 0 Å². The van der Waals surface area contributed by atoms with E-state index in [4.69, 9.17) is 4.74 Å². The standard InChI is InChI=1S/C17H28O/c1-14(2)6-5-7-16-8-10-17(11-9-16)18-13-12-15(3)4/h8-11,14-15H,5-7,12-13H2,1-4H3. The van der Waals surface area contributed by atoms with E-state index >= 15 is 0 Å². The van der Waals surface area contributed by atoms with Gasteiger partial charge in [-0.25, -0.2) is 0 Å². The van der Waals surface area contributed by atoms with E-state index in [0.717, 1.165) is 24.7 Å². The van der Waals surface area contributed by atoms with E-state index in [1.165, 1.54) is 24.8 Å². The molecule has 0 bridgehead atoms. The van der Waals surface area contributed by atoms with Crippen molar-refractivity contribution in [2.75, 3.05) is 6.61 Å². The zero-order valence-corrected chi connectivity index (χ0v) is 12.4. The molecule has 0 saturated heterocycles. The normalized spacial score (nSPS) is 11.2. The Bertz CT molecular complexity index is 278. The van der Waals surface area contributed by atoms with Crippen molar-refractivity contribution < 1.29 is 4.74 Å². The van der Waals surface area contributed by atoms with Crippen molar-refractivity contribution in [2.45, 2.75) is 53.4 Å². The summed E-state index contributed by atoms with van der Waals surface area (Å²) in [5.74, 6) is 2.52. The lowest BCUT2D eigenvalue weighted by Crippen LogP contribution is -2.01. The van der Waals surface area contributed by atoms with Gasteiger partial charge in [0, 0.05) is 0 Å². The predicted molar refractivity (Wildman–Crippen MR) is 79.2 cm³/mol. The summed E-state index contributed by atoms with van der Waals surface area (Å²) in [7, 11) is 0. The van der Waals surface area contributed by atoms with Gasteiger partial charge in [-0.3, -0.25) is 0 Å². The lowest BCUT2D eigenvalue weighted by atomic mass is 10.0. The van der Waals surface area contributed by atoms with Crippen molar-refractivity contribution in [3.05, 3.63) is 29.8 Å². The van der Waals surface area contributed by atoms with Gasteiger partial charge in [-0.05, 0) is 48.8 Å². The lowest BCUT2D eigenvalue weighted by molar-refractivity contribution is 0.289. The molecule has 0 radical (unpaired) electrons. The highest BCUT2D eigenvalue weighted by molar-refractivity contribution is 5.27. The maximum Gasteiger partial charge on any atom is 0.119 e. The second-order valence-corrected chi connectivity index (χ2v) is 5.96. The first-order chi connectivity index (χ1) is 8.58. The number of ether oxygens (including phenoxy) is 1. The molecule has 1 nitrogen and oxygen atoms in total. The van der Waals surface area contributed by atoms with Gasteiger partial charge in [0.05, 0.1) is 6.61 Å². The third kappa shape index (κ3) is 6.68. The molecule has 0 aliphatic heterocycles. The average molecular weight is 248 g/mol. The van der Waals surface area contributed by atoms with Crippen molar-refractivity contribution in [2.24, 2.45) is 11.8 Å². The van der Waals surface area contributed by atoms with E-state index in [-0.39, 0.29) is 0 Å². The Labute approximate surface area is 113 Å². The molecule has 0 aliphatic rings. The SMILES string of the molecule is CC(C)CCCc1ccc(OCCC(C)C)cc1. The molecule has 1 aromatic carbocycles. The van der Waals surface area contributed by atoms with Gasteiger partial charge in [-0.1, -0.05) is 46.2 Å². The molecule has 0 aromatic heterocycles. The summed E-state index contributed by atoms with van der Waals surface area (Å²) in [6.45, 7) is 9.84. The minimum atomic E-state index is 0.709. The fraction of sp³-hybridized carbons (Fsp3) is 0.647. The molecule has 1 rings (SSSR count). The van der Waals surface area contributed by atoms with Crippen LogP contribution in [0.2, 0.25) is 0 Å². The van der Waals surface area contributed by atoms with Crippen LogP contribution in [0.25, 0.3) is 0 Å². The van der Waals surface area contributed by atoms with Crippen LogP contribution in [0.3, 0.4) is 0 Å². The Morgan fingerprint density at radius 1 is 0.889 bits per heavy atom. The first kappa shape index (κ1) is 15.1. The van der Waals surface area contributed by atoms with Gasteiger partial charge in [0.1, 0.15) is 5.75 Å². The van der Waals surface area contributed by atoms with Gasteiger partial charge in [-0.15, -0.1) is 0 Å². The smallest absolute Gasteiger partial charge is 0.119 e. The molecule has 0 N–H and O–H groups in total. The Morgan fingerprint density at radius 3 is 2.06 bits per heavy atom. The Hall–Kier alpha value is -0.980. The van der Waals surface area contributed by atoms with E-state index in [2.05, 4.69) is 52.0 Å². The molecule has 0 unspecified atom stereocenters. The number of hydrogen-bond acceptors (Lipinski definition) is 1. The van der Waals surface area contributed by atoms with Crippen molar-refractivity contribution in [3.8, 4) is 5.75 Å². The molecule has 1 heteroatoms. The van der Waals surface area contributed by atoms with Gasteiger partial charge in [-0.2, -0.15) is 0 Å². The largest absolute Gasteiger partial charge is 0.494 e. The summed E-state index contributed by atoms with van der Waals surface area (Å²) in [5.41, 5.74) is 1.42. The first-order valence-corrected chi connectivity index (χ1v) is 7.29. The van der Waals surface area contributed by atoms with Crippen molar-refractivity contribution in [1.82, 2.24) is 0 Å². The van der Waals surface area contributed by atoms with Gasteiger partial charge in [0.15, 0.2) is 0 Å². The van der Waals surface area contributed by atoms with Gasteiger partial charge >= 0.3 is 0 Å². The fourth-order valence-corrected chi connectivity index (χ4v) is 1.88. The zero-order chi connectivity index (χ0) is 13.4. The molecule has 0 fully saturated rings. The number of hydrogen-bond donors (Lipinski definition) is 0. The third-order valence-electron chi connectivity index (χ3n) is 3.13. The Balaban J connectivity index is 2.28. The summed E-state index contributed by atoms with van der Waals surface area (Å²) >= 11 is 0. The molecular weight excluding hydrogens is 220 g/mol. The average Bonchev–Trinajstić information content (AvgIpc) is 2.30. The Kier molecular flexibility index (Phi) is 6.85. The highest BCUT2D eigenvalue weighted by atomic mass is 16.5. The summed E-state index contributed by atoms with van der Waals surface area (Å²) in [6, 6.07) is 8.60. The molecule has 0 spiro atoms. The molecule has 0 atom stereocenters. The van der Waals surface area contributed by atoms with E-state index < -0.39 is 0 Å². The van der Waals surface area contributed by atoms with Crippen molar-refractivity contribution >= 4 is 0 Å². The molecule has 0 heterocycles. The van der Waals surface area contributed by atoms with Crippen LogP contribution in [-0.2, 0) is 6.42 Å². The minimum Gasteiger partial charge on any atom is -0.494 e. The molecular formula is C17H28O. The van der Waals surface area contributed by atoms with Gasteiger partial charge in [0.25, 0.3) is 0 Å². The molecule has 18 heavy (non-hydrogen) atoms. The quantitative estimate of drug-likeness (QED) is 0.622. The topological polar surface area (TPSA) is 9.23 Å². The van der Waals surface area contributed by atoms with Crippen molar-refractivity contribution in [3.63, 3.8) is 0 Å². The summed E-state index contributed by atoms with van der Waals surface area (Å²) in [4.78, 5) is 0. The first-order valence-electron chi connectivity index (χ1n) is 7.29. The fourth-order valence-electron chi connectivity index (χ4n) is 1.88. The van der Waals surface area contributed by atoms with Crippen LogP contribution in [0.4, 0.5) is 0 Å². The molecule has 0 amide bonds. The lowest BCUT2D eigenvalue weighted by Gasteiger charge is -2.09. The van der Waals surface area contributed by atoms with Gasteiger partial charge in [0.2, 0.25) is 0 Å². The summed E-state index contributed by atoms with van der Waals surface area (Å²) in [6.07, 6.45) is 4.90. The highest BCUT2D eigenvalue weighted by Gasteiger charge is 1.99. The number of benzene rings is 1. The molecule has 1 aromatic rings. The molecule has 0 saturated carbocycles. The Morgan fingerprint density at radius 2 is 1.50 bits per heavy atom. The van der Waals surface area contributed by atoms with E-state index in [9.17, 15) is 0 Å². The predicted octanol–water partition coefficient (Wildman–Crippen LogP) is 5.09. The highest BCUT2D eigenvalue weighted by Crippen LogP contribution is 2.16. The van der Waals surface area contributed by atoms with Crippen LogP contribution in [0.15, 0.2) is 24.3 Å². The van der Waals surface area contributed by atoms with E-state index in [0.29, 0.717) is 5.92 Å². The maximum absolute atomic E-state index is 5.71. The van der Waals surface area contributed by atoms with Crippen LogP contribution in [0.1, 0.15) is 52.5 Å². The van der Waals surface area contributed by atoms with Crippen LogP contribution in [-0.4, -0.2) is 6.61 Å². The zero-order valence-electron chi connectivity index (χ0n) is 12.4. The second-order valence-electron chi connectivity index (χ2n) is 5.96. The van der Waals surface area contributed by atoms with Crippen molar-refractivity contribution in [1.29, 1.82) is 0 Å². The van der Waals surface area contributed by atoms with Crippen LogP contribution < -0.4 is 4.74 Å². The number of aryl methyl sites for hydroxylation is 1. The number of rotatable bonds is 8. The third-order valence-corrected chi connectivity index (χ3v) is 3.13. The monoisotopic (exact) mass is 248 g/mol. The van der Waals surface area contributed by atoms with E-state index in [1.54, 1.807) is 0 Å². The van der Waals surface area contributed by atoms with E-state index in [1.807, 2.05) is 0 Å². The molecule has 0 aliphatic carbocycles. The van der Waals surface area contributed by atoms with Crippen LogP contribution in [0.5, 0.6) is 5.75 Å². The van der Waals surface area contributed by atoms with Gasteiger partial charge < -0.3 is 4.74 Å². The second kappa shape index (κ2) is 8.18. The maximum atomic E-state index is 5.71. The summed E-state index contributed by atoms with van der Waals surface area (Å²) in [5, 5.41) is 0. The summed E-state index contributed by atoms with van der Waals surface area (Å²) < 4.78 is 5.71. The molecule has 102 valence electrons.